The summed E-state index contributed by atoms with van der Waals surface area (Å²) >= 11 is 0. The van der Waals surface area contributed by atoms with Gasteiger partial charge in [0.15, 0.2) is 11.5 Å². The van der Waals surface area contributed by atoms with Crippen molar-refractivity contribution in [1.29, 1.82) is 0 Å². The number of carbonyl (C=O) groups excluding carboxylic acids is 1. The number of ether oxygens (including phenoxy) is 2. The van der Waals surface area contributed by atoms with Gasteiger partial charge in [-0.3, -0.25) is 4.79 Å². The molecule has 1 N–H and O–H groups in total. The summed E-state index contributed by atoms with van der Waals surface area (Å²) in [6, 6.07) is 5.20. The predicted octanol–water partition coefficient (Wildman–Crippen LogP) is 0.811. The van der Waals surface area contributed by atoms with Gasteiger partial charge in [-0.1, -0.05) is 0 Å². The Labute approximate surface area is 108 Å². The predicted molar refractivity (Wildman–Crippen MR) is 70.8 cm³/mol. The Hall–Kier alpha value is -1.55. The Balaban J connectivity index is 2.58. The van der Waals surface area contributed by atoms with Crippen LogP contribution in [-0.4, -0.2) is 39.6 Å². The van der Waals surface area contributed by atoms with Crippen LogP contribution in [0, 0.1) is 0 Å². The van der Waals surface area contributed by atoms with Gasteiger partial charge in [0.05, 0.1) is 20.2 Å². The van der Waals surface area contributed by atoms with Gasteiger partial charge in [-0.05, 0) is 32.0 Å². The second kappa shape index (κ2) is 7.71. The first-order valence-electron chi connectivity index (χ1n) is 6.34. The molecule has 0 aliphatic carbocycles. The lowest BCUT2D eigenvalue weighted by molar-refractivity contribution is -0.896. The highest BCUT2D eigenvalue weighted by atomic mass is 16.5. The first-order chi connectivity index (χ1) is 8.74. The summed E-state index contributed by atoms with van der Waals surface area (Å²) in [5.41, 5.74) is 0.591. The van der Waals surface area contributed by atoms with Crippen molar-refractivity contribution >= 4 is 6.29 Å². The van der Waals surface area contributed by atoms with Crippen molar-refractivity contribution in [3.8, 4) is 11.5 Å². The molecule has 0 saturated heterocycles. The van der Waals surface area contributed by atoms with Gasteiger partial charge in [0.25, 0.3) is 0 Å². The van der Waals surface area contributed by atoms with Crippen molar-refractivity contribution in [2.75, 3.05) is 33.4 Å². The second-order valence-electron chi connectivity index (χ2n) is 4.08. The number of methoxy groups -OCH3 is 1. The number of hydrogen-bond donors (Lipinski definition) is 1. The van der Waals surface area contributed by atoms with Crippen molar-refractivity contribution < 1.29 is 19.2 Å². The molecule has 100 valence electrons. The normalized spacial score (nSPS) is 10.4. The number of likely N-dealkylation sites (N-methyl/N-ethyl adjacent to an activating group) is 1. The zero-order valence-electron chi connectivity index (χ0n) is 11.4. The average Bonchev–Trinajstić information content (AvgIpc) is 2.43. The van der Waals surface area contributed by atoms with E-state index in [0.717, 1.165) is 25.9 Å². The lowest BCUT2D eigenvalue weighted by Crippen LogP contribution is -3.12. The summed E-state index contributed by atoms with van der Waals surface area (Å²) in [4.78, 5) is 12.2. The van der Waals surface area contributed by atoms with E-state index in [0.29, 0.717) is 23.7 Å². The van der Waals surface area contributed by atoms with Gasteiger partial charge in [0.2, 0.25) is 0 Å². The van der Waals surface area contributed by atoms with E-state index >= 15 is 0 Å². The second-order valence-corrected chi connectivity index (χ2v) is 4.08. The monoisotopic (exact) mass is 252 g/mol. The minimum absolute atomic E-state index is 0.591. The van der Waals surface area contributed by atoms with Crippen LogP contribution in [0.2, 0.25) is 0 Å². The molecule has 0 radical (unpaired) electrons. The molecule has 0 aliphatic rings. The number of carbonyl (C=O) groups is 1. The molecule has 1 rings (SSSR count). The minimum Gasteiger partial charge on any atom is -0.493 e. The van der Waals surface area contributed by atoms with Crippen LogP contribution in [0.15, 0.2) is 18.2 Å². The molecular formula is C14H22NO3+. The van der Waals surface area contributed by atoms with Gasteiger partial charge in [-0.2, -0.15) is 0 Å². The van der Waals surface area contributed by atoms with E-state index in [1.54, 1.807) is 25.3 Å². The molecule has 0 heterocycles. The standard InChI is InChI=1S/C14H21NO3/c1-4-15(5-2)8-9-18-13-7-6-12(11-16)10-14(13)17-3/h6-7,10-11H,4-5,8-9H2,1-3H3/p+1. The zero-order chi connectivity index (χ0) is 13.4. The summed E-state index contributed by atoms with van der Waals surface area (Å²) < 4.78 is 10.9. The summed E-state index contributed by atoms with van der Waals surface area (Å²) in [7, 11) is 1.58. The molecule has 0 aliphatic heterocycles. The van der Waals surface area contributed by atoms with Crippen molar-refractivity contribution in [2.24, 2.45) is 0 Å². The Morgan fingerprint density at radius 1 is 1.22 bits per heavy atom. The molecule has 0 unspecified atom stereocenters. The molecule has 4 heteroatoms. The van der Waals surface area contributed by atoms with Gasteiger partial charge in [-0.15, -0.1) is 0 Å². The largest absolute Gasteiger partial charge is 0.493 e. The van der Waals surface area contributed by atoms with Crippen molar-refractivity contribution in [3.63, 3.8) is 0 Å². The number of aldehydes is 1. The number of hydrogen-bond acceptors (Lipinski definition) is 3. The topological polar surface area (TPSA) is 40.0 Å². The van der Waals surface area contributed by atoms with Crippen LogP contribution in [0.3, 0.4) is 0 Å². The third kappa shape index (κ3) is 4.04. The van der Waals surface area contributed by atoms with Gasteiger partial charge in [0, 0.05) is 5.56 Å². The van der Waals surface area contributed by atoms with E-state index in [9.17, 15) is 4.79 Å². The van der Waals surface area contributed by atoms with Crippen LogP contribution in [0.1, 0.15) is 24.2 Å². The summed E-state index contributed by atoms with van der Waals surface area (Å²) in [6.45, 7) is 8.14. The molecule has 0 aromatic heterocycles. The maximum atomic E-state index is 10.7. The van der Waals surface area contributed by atoms with Crippen LogP contribution in [0.4, 0.5) is 0 Å². The number of benzene rings is 1. The molecule has 1 aromatic carbocycles. The first-order valence-corrected chi connectivity index (χ1v) is 6.34. The van der Waals surface area contributed by atoms with Crippen LogP contribution in [0.25, 0.3) is 0 Å². The Bertz CT molecular complexity index is 375. The van der Waals surface area contributed by atoms with E-state index in [1.165, 1.54) is 4.90 Å². The summed E-state index contributed by atoms with van der Waals surface area (Å²) in [5.74, 6) is 1.30. The van der Waals surface area contributed by atoms with Crippen LogP contribution < -0.4 is 14.4 Å². The molecule has 0 bridgehead atoms. The fraction of sp³-hybridized carbons (Fsp3) is 0.500. The molecule has 0 saturated carbocycles. The SMILES string of the molecule is CC[NH+](CC)CCOc1ccc(C=O)cc1OC. The molecule has 0 spiro atoms. The molecule has 18 heavy (non-hydrogen) atoms. The molecule has 0 amide bonds. The lowest BCUT2D eigenvalue weighted by atomic mass is 10.2. The molecule has 1 aromatic rings. The highest BCUT2D eigenvalue weighted by Crippen LogP contribution is 2.27. The molecule has 0 fully saturated rings. The Morgan fingerprint density at radius 3 is 2.50 bits per heavy atom. The first kappa shape index (κ1) is 14.5. The lowest BCUT2D eigenvalue weighted by Gasteiger charge is -2.16. The zero-order valence-corrected chi connectivity index (χ0v) is 11.4. The van der Waals surface area contributed by atoms with Crippen LogP contribution in [-0.2, 0) is 0 Å². The summed E-state index contributed by atoms with van der Waals surface area (Å²) in [6.07, 6.45) is 0.798. The van der Waals surface area contributed by atoms with Crippen molar-refractivity contribution in [2.45, 2.75) is 13.8 Å². The van der Waals surface area contributed by atoms with Crippen molar-refractivity contribution in [3.05, 3.63) is 23.8 Å². The van der Waals surface area contributed by atoms with Gasteiger partial charge in [0.1, 0.15) is 19.4 Å². The molecule has 0 atom stereocenters. The third-order valence-corrected chi connectivity index (χ3v) is 3.04. The van der Waals surface area contributed by atoms with Crippen LogP contribution in [0.5, 0.6) is 11.5 Å². The Kier molecular flexibility index (Phi) is 6.22. The highest BCUT2D eigenvalue weighted by molar-refractivity contribution is 5.76. The average molecular weight is 252 g/mol. The summed E-state index contributed by atoms with van der Waals surface area (Å²) in [5, 5.41) is 0. The number of nitrogens with one attached hydrogen (secondary N) is 1. The van der Waals surface area contributed by atoms with Crippen molar-refractivity contribution in [1.82, 2.24) is 0 Å². The van der Waals surface area contributed by atoms with E-state index in [4.69, 9.17) is 9.47 Å². The van der Waals surface area contributed by atoms with Crippen LogP contribution >= 0.6 is 0 Å². The quantitative estimate of drug-likeness (QED) is 0.696. The fourth-order valence-corrected chi connectivity index (χ4v) is 1.79. The van der Waals surface area contributed by atoms with E-state index in [2.05, 4.69) is 13.8 Å². The number of rotatable bonds is 8. The molecular weight excluding hydrogens is 230 g/mol. The van der Waals surface area contributed by atoms with Gasteiger partial charge < -0.3 is 14.4 Å². The molecule has 4 nitrogen and oxygen atoms in total. The maximum absolute atomic E-state index is 10.7. The van der Waals surface area contributed by atoms with Gasteiger partial charge >= 0.3 is 0 Å². The van der Waals surface area contributed by atoms with E-state index in [-0.39, 0.29) is 0 Å². The third-order valence-electron chi connectivity index (χ3n) is 3.04. The smallest absolute Gasteiger partial charge is 0.161 e. The highest BCUT2D eigenvalue weighted by Gasteiger charge is 2.07. The fourth-order valence-electron chi connectivity index (χ4n) is 1.79. The number of quaternary nitrogens is 1. The minimum atomic E-state index is 0.591. The Morgan fingerprint density at radius 2 is 1.94 bits per heavy atom. The van der Waals surface area contributed by atoms with E-state index in [1.807, 2.05) is 0 Å². The van der Waals surface area contributed by atoms with E-state index < -0.39 is 0 Å². The van der Waals surface area contributed by atoms with Gasteiger partial charge in [-0.25, -0.2) is 0 Å². The maximum Gasteiger partial charge on any atom is 0.161 e.